The molecule has 26 heavy (non-hydrogen) atoms. The predicted molar refractivity (Wildman–Crippen MR) is 103 cm³/mol. The van der Waals surface area contributed by atoms with E-state index in [1.807, 2.05) is 52.7 Å². The lowest BCUT2D eigenvalue weighted by atomic mass is 10.2. The molecule has 1 unspecified atom stereocenters. The number of para-hydroxylation sites is 1. The molecule has 5 nitrogen and oxygen atoms in total. The van der Waals surface area contributed by atoms with Gasteiger partial charge in [0.2, 0.25) is 0 Å². The molecule has 0 spiro atoms. The van der Waals surface area contributed by atoms with Crippen LogP contribution in [0.4, 0.5) is 0 Å². The van der Waals surface area contributed by atoms with Gasteiger partial charge >= 0.3 is 0 Å². The zero-order valence-corrected chi connectivity index (χ0v) is 15.2. The number of aromatic nitrogens is 1. The van der Waals surface area contributed by atoms with Crippen molar-refractivity contribution in [1.29, 1.82) is 0 Å². The number of carbonyl (C=O) groups excluding carboxylic acids is 1. The van der Waals surface area contributed by atoms with Crippen LogP contribution in [0.3, 0.4) is 0 Å². The fourth-order valence-corrected chi connectivity index (χ4v) is 4.00. The van der Waals surface area contributed by atoms with Gasteiger partial charge in [-0.1, -0.05) is 30.3 Å². The monoisotopic (exact) mass is 367 g/mol. The zero-order chi connectivity index (χ0) is 17.9. The number of amides is 1. The van der Waals surface area contributed by atoms with Gasteiger partial charge in [0.15, 0.2) is 0 Å². The van der Waals surface area contributed by atoms with E-state index in [0.717, 1.165) is 28.9 Å². The molecular weight excluding hydrogens is 346 g/mol. The third kappa shape index (κ3) is 3.62. The molecule has 0 saturated carbocycles. The number of hydrogen-bond donors (Lipinski definition) is 1. The maximum atomic E-state index is 12.8. The summed E-state index contributed by atoms with van der Waals surface area (Å²) in [6.07, 6.45) is -0.459. The van der Waals surface area contributed by atoms with E-state index in [1.54, 1.807) is 17.4 Å². The van der Waals surface area contributed by atoms with E-state index >= 15 is 0 Å². The highest BCUT2D eigenvalue weighted by Crippen LogP contribution is 2.20. The molecule has 0 bridgehead atoms. The molecule has 1 fully saturated rings. The molecule has 134 valence electrons. The number of piperazine rings is 1. The molecule has 2 aromatic heterocycles. The molecule has 1 aromatic carbocycles. The van der Waals surface area contributed by atoms with Gasteiger partial charge in [-0.05, 0) is 23.6 Å². The Morgan fingerprint density at radius 2 is 1.88 bits per heavy atom. The minimum Gasteiger partial charge on any atom is -0.386 e. The second kappa shape index (κ2) is 7.53. The molecule has 1 aliphatic heterocycles. The molecular formula is C20H21N3O2S. The number of rotatable bonds is 4. The van der Waals surface area contributed by atoms with Crippen LogP contribution in [0.1, 0.15) is 21.5 Å². The molecule has 3 aromatic rings. The smallest absolute Gasteiger partial charge is 0.272 e. The van der Waals surface area contributed by atoms with Crippen LogP contribution in [0.25, 0.3) is 10.9 Å². The molecule has 6 heteroatoms. The van der Waals surface area contributed by atoms with Crippen molar-refractivity contribution in [3.8, 4) is 0 Å². The first-order valence-electron chi connectivity index (χ1n) is 8.79. The Hall–Kier alpha value is -2.28. The Kier molecular flexibility index (Phi) is 4.97. The summed E-state index contributed by atoms with van der Waals surface area (Å²) in [7, 11) is 0. The molecule has 4 rings (SSSR count). The third-order valence-corrected chi connectivity index (χ3v) is 5.75. The highest BCUT2D eigenvalue weighted by Gasteiger charge is 2.24. The van der Waals surface area contributed by atoms with Crippen molar-refractivity contribution in [2.45, 2.75) is 6.10 Å². The second-order valence-electron chi connectivity index (χ2n) is 6.51. The van der Waals surface area contributed by atoms with E-state index in [0.29, 0.717) is 25.3 Å². The summed E-state index contributed by atoms with van der Waals surface area (Å²) in [4.78, 5) is 22.3. The van der Waals surface area contributed by atoms with Gasteiger partial charge in [0.25, 0.3) is 5.91 Å². The van der Waals surface area contributed by atoms with Crippen molar-refractivity contribution >= 4 is 28.1 Å². The normalized spacial score (nSPS) is 16.7. The summed E-state index contributed by atoms with van der Waals surface area (Å²) in [5.41, 5.74) is 1.34. The Morgan fingerprint density at radius 1 is 1.08 bits per heavy atom. The molecule has 1 saturated heterocycles. The average Bonchev–Trinajstić information content (AvgIpc) is 3.23. The van der Waals surface area contributed by atoms with E-state index < -0.39 is 6.10 Å². The number of hydrogen-bond acceptors (Lipinski definition) is 5. The van der Waals surface area contributed by atoms with E-state index in [-0.39, 0.29) is 5.91 Å². The first-order chi connectivity index (χ1) is 12.7. The van der Waals surface area contributed by atoms with Gasteiger partial charge in [0.05, 0.1) is 5.52 Å². The van der Waals surface area contributed by atoms with Gasteiger partial charge in [0, 0.05) is 43.0 Å². The largest absolute Gasteiger partial charge is 0.386 e. The number of pyridine rings is 1. The maximum absolute atomic E-state index is 12.8. The lowest BCUT2D eigenvalue weighted by Gasteiger charge is -2.35. The maximum Gasteiger partial charge on any atom is 0.272 e. The molecule has 1 aliphatic rings. The first kappa shape index (κ1) is 17.1. The molecule has 0 aliphatic carbocycles. The van der Waals surface area contributed by atoms with Crippen LogP contribution in [-0.2, 0) is 0 Å². The van der Waals surface area contributed by atoms with Crippen LogP contribution < -0.4 is 0 Å². The Morgan fingerprint density at radius 3 is 2.65 bits per heavy atom. The molecule has 1 N–H and O–H groups in total. The minimum atomic E-state index is -0.459. The van der Waals surface area contributed by atoms with Crippen LogP contribution in [0.15, 0.2) is 53.9 Å². The summed E-state index contributed by atoms with van der Waals surface area (Å²) in [6.45, 7) is 3.45. The van der Waals surface area contributed by atoms with Crippen molar-refractivity contribution in [1.82, 2.24) is 14.8 Å². The quantitative estimate of drug-likeness (QED) is 0.770. The van der Waals surface area contributed by atoms with Crippen molar-refractivity contribution in [3.05, 3.63) is 64.5 Å². The van der Waals surface area contributed by atoms with Gasteiger partial charge in [-0.2, -0.15) is 0 Å². The van der Waals surface area contributed by atoms with Crippen LogP contribution in [0.5, 0.6) is 0 Å². The summed E-state index contributed by atoms with van der Waals surface area (Å²) >= 11 is 1.57. The van der Waals surface area contributed by atoms with E-state index in [4.69, 9.17) is 0 Å². The number of thiophene rings is 1. The van der Waals surface area contributed by atoms with E-state index in [2.05, 4.69) is 9.88 Å². The average molecular weight is 367 g/mol. The molecule has 1 amide bonds. The van der Waals surface area contributed by atoms with E-state index in [1.165, 1.54) is 0 Å². The van der Waals surface area contributed by atoms with Crippen LogP contribution >= 0.6 is 11.3 Å². The number of nitrogens with zero attached hydrogens (tertiary/aromatic N) is 3. The van der Waals surface area contributed by atoms with Gasteiger partial charge in [-0.25, -0.2) is 4.98 Å². The Bertz CT molecular complexity index is 889. The fraction of sp³-hybridized carbons (Fsp3) is 0.300. The summed E-state index contributed by atoms with van der Waals surface area (Å²) in [5.74, 6) is -0.0193. The van der Waals surface area contributed by atoms with E-state index in [9.17, 15) is 9.90 Å². The molecule has 0 radical (unpaired) electrons. The Labute approximate surface area is 156 Å². The number of fused-ring (bicyclic) bond motifs is 1. The second-order valence-corrected chi connectivity index (χ2v) is 7.49. The Balaban J connectivity index is 1.37. The zero-order valence-electron chi connectivity index (χ0n) is 14.4. The predicted octanol–water partition coefficient (Wildman–Crippen LogP) is 2.79. The van der Waals surface area contributed by atoms with Crippen molar-refractivity contribution < 1.29 is 9.90 Å². The fourth-order valence-electron chi connectivity index (χ4n) is 3.30. The van der Waals surface area contributed by atoms with Gasteiger partial charge in [-0.3, -0.25) is 9.69 Å². The van der Waals surface area contributed by atoms with Gasteiger partial charge in [-0.15, -0.1) is 11.3 Å². The summed E-state index contributed by atoms with van der Waals surface area (Å²) in [6, 6.07) is 15.5. The number of benzene rings is 1. The standard InChI is InChI=1S/C20H21N3O2S/c24-18(19-6-3-13-26-19)14-22-9-11-23(12-10-22)20(25)17-8-7-15-4-1-2-5-16(15)21-17/h1-8,13,18,24H,9-12,14H2. The van der Waals surface area contributed by atoms with Crippen LogP contribution in [-0.4, -0.2) is 58.5 Å². The first-order valence-corrected chi connectivity index (χ1v) is 9.67. The number of aliphatic hydroxyl groups excluding tert-OH is 1. The van der Waals surface area contributed by atoms with Crippen LogP contribution in [0.2, 0.25) is 0 Å². The number of carbonyl (C=O) groups is 1. The number of aliphatic hydroxyl groups is 1. The van der Waals surface area contributed by atoms with Crippen molar-refractivity contribution in [2.24, 2.45) is 0 Å². The summed E-state index contributed by atoms with van der Waals surface area (Å²) in [5, 5.41) is 13.3. The lowest BCUT2D eigenvalue weighted by molar-refractivity contribution is 0.0528. The lowest BCUT2D eigenvalue weighted by Crippen LogP contribution is -2.49. The van der Waals surface area contributed by atoms with Gasteiger partial charge < -0.3 is 10.0 Å². The number of β-amino-alcohol motifs (C(OH)–C–C–N with tert-alkyl or cyclic N) is 1. The highest BCUT2D eigenvalue weighted by atomic mass is 32.1. The minimum absolute atomic E-state index is 0.0193. The highest BCUT2D eigenvalue weighted by molar-refractivity contribution is 7.10. The van der Waals surface area contributed by atoms with Crippen molar-refractivity contribution in [3.63, 3.8) is 0 Å². The third-order valence-electron chi connectivity index (χ3n) is 4.78. The van der Waals surface area contributed by atoms with Crippen molar-refractivity contribution in [2.75, 3.05) is 32.7 Å². The topological polar surface area (TPSA) is 56.7 Å². The SMILES string of the molecule is O=C(c1ccc2ccccc2n1)N1CCN(CC(O)c2cccs2)CC1. The summed E-state index contributed by atoms with van der Waals surface area (Å²) < 4.78 is 0. The van der Waals surface area contributed by atoms with Crippen LogP contribution in [0, 0.1) is 0 Å². The molecule has 1 atom stereocenters. The van der Waals surface area contributed by atoms with Gasteiger partial charge in [0.1, 0.15) is 11.8 Å². The molecule has 3 heterocycles.